The largest absolute Gasteiger partial charge is 0.493 e. The number of carbonyl (C=O) groups excluding carboxylic acids is 1. The minimum Gasteiger partial charge on any atom is -0.493 e. The fraction of sp³-hybridized carbons (Fsp3) is 0.588. The summed E-state index contributed by atoms with van der Waals surface area (Å²) in [6, 6.07) is 8.11. The molecule has 1 fully saturated rings. The van der Waals surface area contributed by atoms with Gasteiger partial charge in [-0.2, -0.15) is 0 Å². The Hall–Kier alpha value is -1.35. The summed E-state index contributed by atoms with van der Waals surface area (Å²) in [5, 5.41) is 0. The first-order valence-electron chi connectivity index (χ1n) is 7.70. The highest BCUT2D eigenvalue weighted by Crippen LogP contribution is 2.42. The predicted octanol–water partition coefficient (Wildman–Crippen LogP) is 3.03. The van der Waals surface area contributed by atoms with Crippen molar-refractivity contribution in [3.05, 3.63) is 29.8 Å². The number of rotatable bonds is 4. The van der Waals surface area contributed by atoms with Crippen molar-refractivity contribution >= 4 is 5.78 Å². The zero-order valence-corrected chi connectivity index (χ0v) is 11.9. The molecule has 0 saturated heterocycles. The maximum absolute atomic E-state index is 12.8. The zero-order valence-electron chi connectivity index (χ0n) is 11.9. The van der Waals surface area contributed by atoms with E-state index in [4.69, 9.17) is 10.5 Å². The van der Waals surface area contributed by atoms with Crippen molar-refractivity contribution in [3.8, 4) is 5.75 Å². The number of hydrogen-bond donors (Lipinski definition) is 1. The topological polar surface area (TPSA) is 52.3 Å². The average molecular weight is 273 g/mol. The van der Waals surface area contributed by atoms with Gasteiger partial charge < -0.3 is 10.5 Å². The first-order chi connectivity index (χ1) is 9.75. The Kier molecular flexibility index (Phi) is 3.79. The fourth-order valence-electron chi connectivity index (χ4n) is 3.72. The summed E-state index contributed by atoms with van der Waals surface area (Å²) in [5.41, 5.74) is 6.89. The molecule has 0 radical (unpaired) electrons. The van der Waals surface area contributed by atoms with Gasteiger partial charge in [-0.05, 0) is 36.8 Å². The highest BCUT2D eigenvalue weighted by molar-refractivity contribution is 5.86. The average Bonchev–Trinajstić information content (AvgIpc) is 2.98. The Morgan fingerprint density at radius 3 is 2.80 bits per heavy atom. The molecule has 20 heavy (non-hydrogen) atoms. The minimum atomic E-state index is -0.229. The molecule has 3 heteroatoms. The molecule has 1 aromatic rings. The third-order valence-electron chi connectivity index (χ3n) is 5.06. The number of benzene rings is 1. The molecule has 0 spiro atoms. The Labute approximate surface area is 120 Å². The van der Waals surface area contributed by atoms with E-state index < -0.39 is 0 Å². The van der Waals surface area contributed by atoms with Gasteiger partial charge in [0.2, 0.25) is 0 Å². The van der Waals surface area contributed by atoms with Crippen LogP contribution >= 0.6 is 0 Å². The molecule has 0 bridgehead atoms. The zero-order chi connectivity index (χ0) is 14.0. The molecule has 1 aliphatic carbocycles. The van der Waals surface area contributed by atoms with Crippen molar-refractivity contribution in [1.82, 2.24) is 0 Å². The highest BCUT2D eigenvalue weighted by atomic mass is 16.5. The van der Waals surface area contributed by atoms with E-state index in [9.17, 15) is 4.79 Å². The number of fused-ring (bicyclic) bond motifs is 1. The van der Waals surface area contributed by atoms with Crippen molar-refractivity contribution < 1.29 is 9.53 Å². The Bertz CT molecular complexity index is 492. The minimum absolute atomic E-state index is 0.229. The number of para-hydroxylation sites is 1. The maximum atomic E-state index is 12.8. The summed E-state index contributed by atoms with van der Waals surface area (Å²) >= 11 is 0. The van der Waals surface area contributed by atoms with E-state index in [1.54, 1.807) is 0 Å². The first-order valence-corrected chi connectivity index (χ1v) is 7.70. The number of Topliss-reactive ketones (excluding diaryl/α,β-unsaturated/α-hetero) is 1. The molecule has 108 valence electrons. The molecular weight excluding hydrogens is 250 g/mol. The van der Waals surface area contributed by atoms with Gasteiger partial charge in [0.1, 0.15) is 11.5 Å². The third kappa shape index (κ3) is 2.35. The summed E-state index contributed by atoms with van der Waals surface area (Å²) in [5.74, 6) is 1.63. The van der Waals surface area contributed by atoms with Crippen LogP contribution in [0, 0.1) is 5.41 Å². The van der Waals surface area contributed by atoms with Crippen molar-refractivity contribution in [2.75, 3.05) is 13.2 Å². The lowest BCUT2D eigenvalue weighted by Gasteiger charge is -2.30. The molecule has 1 atom stereocenters. The Morgan fingerprint density at radius 2 is 2.05 bits per heavy atom. The van der Waals surface area contributed by atoms with Gasteiger partial charge in [0.05, 0.1) is 6.61 Å². The standard InChI is InChI=1S/C17H23NO2/c18-12-17(8-3-4-9-17)16(19)11-13-7-10-20-15-6-2-1-5-14(13)15/h1-2,5-6,13H,3-4,7-12,18H2. The molecule has 3 nitrogen and oxygen atoms in total. The summed E-state index contributed by atoms with van der Waals surface area (Å²) in [7, 11) is 0. The molecule has 3 rings (SSSR count). The third-order valence-corrected chi connectivity index (χ3v) is 5.06. The number of ketones is 1. The van der Waals surface area contributed by atoms with Gasteiger partial charge in [0.15, 0.2) is 0 Å². The van der Waals surface area contributed by atoms with Crippen LogP contribution in [0.1, 0.15) is 50.0 Å². The second-order valence-corrected chi connectivity index (χ2v) is 6.19. The molecule has 2 aliphatic rings. The second kappa shape index (κ2) is 5.57. The van der Waals surface area contributed by atoms with Crippen LogP contribution in [0.4, 0.5) is 0 Å². The molecule has 1 aliphatic heterocycles. The van der Waals surface area contributed by atoms with E-state index in [-0.39, 0.29) is 5.41 Å². The maximum Gasteiger partial charge on any atom is 0.140 e. The summed E-state index contributed by atoms with van der Waals surface area (Å²) in [4.78, 5) is 12.8. The summed E-state index contributed by atoms with van der Waals surface area (Å²) in [6.45, 7) is 1.22. The van der Waals surface area contributed by atoms with Crippen LogP contribution < -0.4 is 10.5 Å². The highest BCUT2D eigenvalue weighted by Gasteiger charge is 2.40. The molecule has 1 heterocycles. The fourth-order valence-corrected chi connectivity index (χ4v) is 3.72. The SMILES string of the molecule is NCC1(C(=O)CC2CCOc3ccccc32)CCCC1. The summed E-state index contributed by atoms with van der Waals surface area (Å²) in [6.07, 6.45) is 5.81. The smallest absolute Gasteiger partial charge is 0.140 e. The molecule has 1 aromatic carbocycles. The number of hydrogen-bond acceptors (Lipinski definition) is 3. The number of ether oxygens (including phenoxy) is 1. The quantitative estimate of drug-likeness (QED) is 0.917. The molecule has 2 N–H and O–H groups in total. The van der Waals surface area contributed by atoms with Crippen LogP contribution in [-0.4, -0.2) is 18.9 Å². The van der Waals surface area contributed by atoms with E-state index in [0.717, 1.165) is 37.9 Å². The van der Waals surface area contributed by atoms with Gasteiger partial charge in [0, 0.05) is 18.4 Å². The van der Waals surface area contributed by atoms with Crippen LogP contribution in [0.25, 0.3) is 0 Å². The van der Waals surface area contributed by atoms with Crippen molar-refractivity contribution in [2.24, 2.45) is 11.1 Å². The lowest BCUT2D eigenvalue weighted by molar-refractivity contribution is -0.128. The molecule has 1 unspecified atom stereocenters. The summed E-state index contributed by atoms with van der Waals surface area (Å²) < 4.78 is 5.68. The molecule has 0 aromatic heterocycles. The van der Waals surface area contributed by atoms with Crippen molar-refractivity contribution in [2.45, 2.75) is 44.4 Å². The second-order valence-electron chi connectivity index (χ2n) is 6.19. The van der Waals surface area contributed by atoms with Crippen LogP contribution in [0.2, 0.25) is 0 Å². The molecule has 0 amide bonds. The lowest BCUT2D eigenvalue weighted by Crippen LogP contribution is -2.37. The lowest BCUT2D eigenvalue weighted by atomic mass is 9.76. The van der Waals surface area contributed by atoms with E-state index in [1.165, 1.54) is 5.56 Å². The Morgan fingerprint density at radius 1 is 1.30 bits per heavy atom. The first kappa shape index (κ1) is 13.6. The van der Waals surface area contributed by atoms with Gasteiger partial charge >= 0.3 is 0 Å². The van der Waals surface area contributed by atoms with E-state index in [0.29, 0.717) is 31.3 Å². The normalized spacial score (nSPS) is 23.9. The molecular formula is C17H23NO2. The Balaban J connectivity index is 1.77. The van der Waals surface area contributed by atoms with Gasteiger partial charge in [-0.1, -0.05) is 31.0 Å². The van der Waals surface area contributed by atoms with E-state index in [1.807, 2.05) is 18.2 Å². The van der Waals surface area contributed by atoms with E-state index >= 15 is 0 Å². The van der Waals surface area contributed by atoms with Crippen LogP contribution in [0.15, 0.2) is 24.3 Å². The van der Waals surface area contributed by atoms with Crippen LogP contribution in [-0.2, 0) is 4.79 Å². The van der Waals surface area contributed by atoms with E-state index in [2.05, 4.69) is 6.07 Å². The monoisotopic (exact) mass is 273 g/mol. The number of carbonyl (C=O) groups is 1. The number of nitrogens with two attached hydrogens (primary N) is 1. The van der Waals surface area contributed by atoms with Gasteiger partial charge in [0.25, 0.3) is 0 Å². The van der Waals surface area contributed by atoms with Crippen LogP contribution in [0.3, 0.4) is 0 Å². The van der Waals surface area contributed by atoms with Gasteiger partial charge in [-0.3, -0.25) is 4.79 Å². The predicted molar refractivity (Wildman–Crippen MR) is 78.9 cm³/mol. The van der Waals surface area contributed by atoms with Crippen molar-refractivity contribution in [3.63, 3.8) is 0 Å². The van der Waals surface area contributed by atoms with Crippen LogP contribution in [0.5, 0.6) is 5.75 Å². The molecule has 1 saturated carbocycles. The van der Waals surface area contributed by atoms with Gasteiger partial charge in [-0.15, -0.1) is 0 Å². The van der Waals surface area contributed by atoms with Gasteiger partial charge in [-0.25, -0.2) is 0 Å². The van der Waals surface area contributed by atoms with Crippen molar-refractivity contribution in [1.29, 1.82) is 0 Å².